The highest BCUT2D eigenvalue weighted by Crippen LogP contribution is 2.40. The zero-order valence-electron chi connectivity index (χ0n) is 11.1. The summed E-state index contributed by atoms with van der Waals surface area (Å²) in [7, 11) is 1.27. The van der Waals surface area contributed by atoms with Gasteiger partial charge in [0.2, 0.25) is 0 Å². The van der Waals surface area contributed by atoms with Crippen molar-refractivity contribution in [1.82, 2.24) is 0 Å². The average Bonchev–Trinajstić information content (AvgIpc) is 2.36. The van der Waals surface area contributed by atoms with Crippen LogP contribution in [0.2, 0.25) is 0 Å². The standard InChI is InChI=1S/C14H17BrO4/c1-9(10-4-6-11(15)7-5-10)14(2,8-12(16)17)13(18)19-3/h4-7,9H,8H2,1-3H3,(H,16,17)/t9-,14+/m1/s1. The molecule has 19 heavy (non-hydrogen) atoms. The molecule has 104 valence electrons. The van der Waals surface area contributed by atoms with Gasteiger partial charge in [-0.25, -0.2) is 0 Å². The van der Waals surface area contributed by atoms with Crippen LogP contribution in [0.15, 0.2) is 28.7 Å². The summed E-state index contributed by atoms with van der Waals surface area (Å²) in [6, 6.07) is 7.48. The number of hydrogen-bond donors (Lipinski definition) is 1. The van der Waals surface area contributed by atoms with E-state index < -0.39 is 17.4 Å². The summed E-state index contributed by atoms with van der Waals surface area (Å²) in [6.45, 7) is 3.46. The highest BCUT2D eigenvalue weighted by Gasteiger charge is 2.42. The number of benzene rings is 1. The van der Waals surface area contributed by atoms with Gasteiger partial charge in [0.15, 0.2) is 0 Å². The molecule has 0 aliphatic carbocycles. The van der Waals surface area contributed by atoms with Crippen molar-refractivity contribution in [2.45, 2.75) is 26.2 Å². The van der Waals surface area contributed by atoms with Gasteiger partial charge in [0.1, 0.15) is 0 Å². The molecule has 0 bridgehead atoms. The molecule has 1 rings (SSSR count). The average molecular weight is 329 g/mol. The van der Waals surface area contributed by atoms with E-state index in [1.54, 1.807) is 6.92 Å². The van der Waals surface area contributed by atoms with E-state index in [2.05, 4.69) is 15.9 Å². The highest BCUT2D eigenvalue weighted by atomic mass is 79.9. The first-order chi connectivity index (χ1) is 8.81. The first-order valence-electron chi connectivity index (χ1n) is 5.87. The van der Waals surface area contributed by atoms with Crippen LogP contribution < -0.4 is 0 Å². The van der Waals surface area contributed by atoms with Crippen molar-refractivity contribution < 1.29 is 19.4 Å². The predicted octanol–water partition coefficient (Wildman–Crippen LogP) is 3.21. The van der Waals surface area contributed by atoms with Crippen LogP contribution in [-0.4, -0.2) is 24.2 Å². The Kier molecular flexibility index (Phi) is 5.11. The lowest BCUT2D eigenvalue weighted by Crippen LogP contribution is -2.36. The van der Waals surface area contributed by atoms with Crippen LogP contribution in [0, 0.1) is 5.41 Å². The largest absolute Gasteiger partial charge is 0.481 e. The van der Waals surface area contributed by atoms with Crippen molar-refractivity contribution in [3.63, 3.8) is 0 Å². The van der Waals surface area contributed by atoms with Crippen LogP contribution in [0.4, 0.5) is 0 Å². The quantitative estimate of drug-likeness (QED) is 0.843. The summed E-state index contributed by atoms with van der Waals surface area (Å²) in [5, 5.41) is 9.02. The number of rotatable bonds is 5. The Morgan fingerprint density at radius 2 is 1.89 bits per heavy atom. The third-order valence-corrected chi connectivity index (χ3v) is 4.02. The van der Waals surface area contributed by atoms with Gasteiger partial charge < -0.3 is 9.84 Å². The summed E-state index contributed by atoms with van der Waals surface area (Å²) < 4.78 is 5.70. The summed E-state index contributed by atoms with van der Waals surface area (Å²) in [5.41, 5.74) is -0.189. The molecule has 0 aliphatic heterocycles. The zero-order valence-corrected chi connectivity index (χ0v) is 12.7. The van der Waals surface area contributed by atoms with Crippen molar-refractivity contribution in [3.05, 3.63) is 34.3 Å². The SMILES string of the molecule is COC(=O)[C@@](C)(CC(=O)O)[C@H](C)c1ccc(Br)cc1. The number of carbonyl (C=O) groups is 2. The van der Waals surface area contributed by atoms with E-state index in [1.807, 2.05) is 31.2 Å². The normalized spacial score (nSPS) is 15.4. The van der Waals surface area contributed by atoms with Gasteiger partial charge in [-0.2, -0.15) is 0 Å². The second-order valence-electron chi connectivity index (χ2n) is 4.75. The van der Waals surface area contributed by atoms with E-state index in [0.29, 0.717) is 0 Å². The number of carbonyl (C=O) groups excluding carboxylic acids is 1. The number of aliphatic carboxylic acids is 1. The van der Waals surface area contributed by atoms with Crippen LogP contribution in [0.5, 0.6) is 0 Å². The van der Waals surface area contributed by atoms with Gasteiger partial charge in [0, 0.05) is 4.47 Å². The Bertz CT molecular complexity index is 469. The summed E-state index contributed by atoms with van der Waals surface area (Å²) >= 11 is 3.34. The number of methoxy groups -OCH3 is 1. The topological polar surface area (TPSA) is 63.6 Å². The van der Waals surface area contributed by atoms with Gasteiger partial charge in [-0.1, -0.05) is 35.0 Å². The van der Waals surface area contributed by atoms with Crippen molar-refractivity contribution >= 4 is 27.9 Å². The molecule has 1 aromatic carbocycles. The molecule has 0 unspecified atom stereocenters. The highest BCUT2D eigenvalue weighted by molar-refractivity contribution is 9.10. The molecule has 2 atom stereocenters. The van der Waals surface area contributed by atoms with Crippen molar-refractivity contribution in [2.24, 2.45) is 5.41 Å². The van der Waals surface area contributed by atoms with Crippen molar-refractivity contribution in [2.75, 3.05) is 7.11 Å². The maximum Gasteiger partial charge on any atom is 0.312 e. The Balaban J connectivity index is 3.13. The van der Waals surface area contributed by atoms with E-state index in [4.69, 9.17) is 9.84 Å². The number of halogens is 1. The third kappa shape index (κ3) is 3.56. The minimum Gasteiger partial charge on any atom is -0.481 e. The van der Waals surface area contributed by atoms with E-state index in [-0.39, 0.29) is 12.3 Å². The molecule has 0 heterocycles. The molecule has 0 fully saturated rings. The monoisotopic (exact) mass is 328 g/mol. The minimum absolute atomic E-state index is 0.260. The Morgan fingerprint density at radius 3 is 2.32 bits per heavy atom. The second-order valence-corrected chi connectivity index (χ2v) is 5.67. The molecular weight excluding hydrogens is 312 g/mol. The molecule has 1 aromatic rings. The third-order valence-electron chi connectivity index (χ3n) is 3.50. The van der Waals surface area contributed by atoms with E-state index in [1.165, 1.54) is 7.11 Å². The van der Waals surface area contributed by atoms with Crippen LogP contribution >= 0.6 is 15.9 Å². The molecular formula is C14H17BrO4. The fraction of sp³-hybridized carbons (Fsp3) is 0.429. The molecule has 5 heteroatoms. The van der Waals surface area contributed by atoms with Crippen LogP contribution in [0.1, 0.15) is 31.7 Å². The van der Waals surface area contributed by atoms with Crippen LogP contribution in [0.25, 0.3) is 0 Å². The zero-order chi connectivity index (χ0) is 14.6. The van der Waals surface area contributed by atoms with Gasteiger partial charge in [-0.3, -0.25) is 9.59 Å². The van der Waals surface area contributed by atoms with Gasteiger partial charge >= 0.3 is 11.9 Å². The molecule has 1 N–H and O–H groups in total. The van der Waals surface area contributed by atoms with Gasteiger partial charge in [-0.05, 0) is 30.5 Å². The number of carboxylic acids is 1. The molecule has 0 spiro atoms. The maximum absolute atomic E-state index is 12.0. The smallest absolute Gasteiger partial charge is 0.312 e. The number of esters is 1. The van der Waals surface area contributed by atoms with E-state index >= 15 is 0 Å². The maximum atomic E-state index is 12.0. The molecule has 4 nitrogen and oxygen atoms in total. The number of carboxylic acid groups (broad SMARTS) is 1. The summed E-state index contributed by atoms with van der Waals surface area (Å²) in [5.74, 6) is -1.79. The fourth-order valence-electron chi connectivity index (χ4n) is 2.07. The molecule has 0 aromatic heterocycles. The summed E-state index contributed by atoms with van der Waals surface area (Å²) in [4.78, 5) is 23.0. The second kappa shape index (κ2) is 6.19. The van der Waals surface area contributed by atoms with Crippen LogP contribution in [0.3, 0.4) is 0 Å². The Hall–Kier alpha value is -1.36. The van der Waals surface area contributed by atoms with Crippen molar-refractivity contribution in [1.29, 1.82) is 0 Å². The lowest BCUT2D eigenvalue weighted by atomic mass is 9.72. The lowest BCUT2D eigenvalue weighted by molar-refractivity contribution is -0.158. The van der Waals surface area contributed by atoms with Crippen molar-refractivity contribution in [3.8, 4) is 0 Å². The van der Waals surface area contributed by atoms with Gasteiger partial charge in [-0.15, -0.1) is 0 Å². The summed E-state index contributed by atoms with van der Waals surface area (Å²) in [6.07, 6.45) is -0.267. The van der Waals surface area contributed by atoms with Gasteiger partial charge in [0.25, 0.3) is 0 Å². The fourth-order valence-corrected chi connectivity index (χ4v) is 2.33. The number of ether oxygens (including phenoxy) is 1. The Labute approximate surface area is 120 Å². The molecule has 0 saturated heterocycles. The lowest BCUT2D eigenvalue weighted by Gasteiger charge is -2.31. The van der Waals surface area contributed by atoms with Gasteiger partial charge in [0.05, 0.1) is 18.9 Å². The molecule has 0 amide bonds. The molecule has 0 saturated carbocycles. The van der Waals surface area contributed by atoms with E-state index in [0.717, 1.165) is 10.0 Å². The van der Waals surface area contributed by atoms with Crippen LogP contribution in [-0.2, 0) is 14.3 Å². The Morgan fingerprint density at radius 1 is 1.37 bits per heavy atom. The first-order valence-corrected chi connectivity index (χ1v) is 6.66. The first kappa shape index (κ1) is 15.7. The predicted molar refractivity (Wildman–Crippen MR) is 74.9 cm³/mol. The number of hydrogen-bond acceptors (Lipinski definition) is 3. The van der Waals surface area contributed by atoms with E-state index in [9.17, 15) is 9.59 Å². The minimum atomic E-state index is -1.09. The molecule has 0 aliphatic rings. The molecule has 0 radical (unpaired) electrons.